The summed E-state index contributed by atoms with van der Waals surface area (Å²) in [6.07, 6.45) is 4.55. The molecule has 0 amide bonds. The quantitative estimate of drug-likeness (QED) is 0.783. The van der Waals surface area contributed by atoms with E-state index in [2.05, 4.69) is 0 Å². The Balaban J connectivity index is 1.85. The molecule has 2 atom stereocenters. The van der Waals surface area contributed by atoms with Gasteiger partial charge in [-0.05, 0) is 44.7 Å². The highest BCUT2D eigenvalue weighted by atomic mass is 16.5. The van der Waals surface area contributed by atoms with Gasteiger partial charge >= 0.3 is 0 Å². The highest BCUT2D eigenvalue weighted by molar-refractivity contribution is 6.00. The van der Waals surface area contributed by atoms with E-state index in [0.29, 0.717) is 18.0 Å². The van der Waals surface area contributed by atoms with Crippen LogP contribution in [0.1, 0.15) is 41.6 Å². The molecule has 0 spiro atoms. The minimum Gasteiger partial charge on any atom is -0.496 e. The van der Waals surface area contributed by atoms with Crippen molar-refractivity contribution in [2.45, 2.75) is 44.8 Å². The lowest BCUT2D eigenvalue weighted by molar-refractivity contribution is -0.0149. The van der Waals surface area contributed by atoms with Crippen LogP contribution in [0.25, 0.3) is 0 Å². The van der Waals surface area contributed by atoms with E-state index in [-0.39, 0.29) is 11.7 Å². The zero-order valence-corrected chi connectivity index (χ0v) is 11.5. The van der Waals surface area contributed by atoms with Gasteiger partial charge in [-0.2, -0.15) is 0 Å². The Morgan fingerprint density at radius 3 is 2.58 bits per heavy atom. The van der Waals surface area contributed by atoms with E-state index in [1.54, 1.807) is 7.11 Å². The summed E-state index contributed by atoms with van der Waals surface area (Å²) >= 11 is 0. The predicted molar refractivity (Wildman–Crippen MR) is 72.7 cm³/mol. The van der Waals surface area contributed by atoms with Gasteiger partial charge in [-0.25, -0.2) is 0 Å². The molecule has 3 rings (SSSR count). The van der Waals surface area contributed by atoms with E-state index in [4.69, 9.17) is 9.47 Å². The van der Waals surface area contributed by atoms with Gasteiger partial charge in [-0.15, -0.1) is 0 Å². The van der Waals surface area contributed by atoms with Crippen molar-refractivity contribution < 1.29 is 14.3 Å². The van der Waals surface area contributed by atoms with E-state index in [9.17, 15) is 4.79 Å². The molecular weight excluding hydrogens is 240 g/mol. The first kappa shape index (κ1) is 12.7. The molecule has 3 nitrogen and oxygen atoms in total. The lowest BCUT2D eigenvalue weighted by Gasteiger charge is -2.27. The van der Waals surface area contributed by atoms with Crippen molar-refractivity contribution in [2.24, 2.45) is 5.92 Å². The highest BCUT2D eigenvalue weighted by Crippen LogP contribution is 2.38. The molecule has 1 aromatic rings. The van der Waals surface area contributed by atoms with Gasteiger partial charge in [0, 0.05) is 5.92 Å². The molecule has 0 radical (unpaired) electrons. The molecule has 2 fully saturated rings. The Kier molecular flexibility index (Phi) is 3.31. The maximum Gasteiger partial charge on any atom is 0.169 e. The minimum atomic E-state index is 0.0990. The summed E-state index contributed by atoms with van der Waals surface area (Å²) in [4.78, 5) is 12.7. The number of methoxy groups -OCH3 is 1. The number of hydrogen-bond donors (Lipinski definition) is 0. The van der Waals surface area contributed by atoms with Gasteiger partial charge in [0.25, 0.3) is 0 Å². The van der Waals surface area contributed by atoms with Gasteiger partial charge in [0.2, 0.25) is 0 Å². The summed E-state index contributed by atoms with van der Waals surface area (Å²) in [5.41, 5.74) is 1.83. The molecule has 0 N–H and O–H groups in total. The monoisotopic (exact) mass is 260 g/mol. The van der Waals surface area contributed by atoms with Crippen LogP contribution in [-0.4, -0.2) is 25.1 Å². The third-order valence-electron chi connectivity index (χ3n) is 4.28. The molecule has 0 aliphatic carbocycles. The molecule has 0 aromatic heterocycles. The van der Waals surface area contributed by atoms with Gasteiger partial charge in [-0.1, -0.05) is 11.6 Å². The first-order valence-electron chi connectivity index (χ1n) is 7.01. The van der Waals surface area contributed by atoms with E-state index in [1.165, 1.54) is 0 Å². The molecule has 2 aliphatic rings. The Bertz CT molecular complexity index is 483. The standard InChI is InChI=1S/C16H20O3/c1-10-3-6-15(18-2)14(7-10)16(17)11-8-12-4-5-13(9-11)19-12/h3,6-7,11-13H,4-5,8-9H2,1-2H3. The zero-order chi connectivity index (χ0) is 13.4. The number of rotatable bonds is 3. The molecule has 3 heteroatoms. The number of ketones is 1. The number of fused-ring (bicyclic) bond motifs is 2. The normalized spacial score (nSPS) is 29.3. The van der Waals surface area contributed by atoms with E-state index < -0.39 is 0 Å². The number of carbonyl (C=O) groups excluding carboxylic acids is 1. The molecule has 2 unspecified atom stereocenters. The van der Waals surface area contributed by atoms with Gasteiger partial charge in [0.05, 0.1) is 24.9 Å². The molecule has 19 heavy (non-hydrogen) atoms. The molecule has 2 heterocycles. The van der Waals surface area contributed by atoms with Crippen molar-refractivity contribution in [3.05, 3.63) is 29.3 Å². The van der Waals surface area contributed by atoms with Gasteiger partial charge in [-0.3, -0.25) is 4.79 Å². The maximum atomic E-state index is 12.7. The number of carbonyl (C=O) groups is 1. The van der Waals surface area contributed by atoms with E-state index in [0.717, 1.165) is 36.8 Å². The van der Waals surface area contributed by atoms with Crippen LogP contribution in [0, 0.1) is 12.8 Å². The van der Waals surface area contributed by atoms with Crippen molar-refractivity contribution in [3.63, 3.8) is 0 Å². The van der Waals surface area contributed by atoms with Crippen LogP contribution in [0.3, 0.4) is 0 Å². The average molecular weight is 260 g/mol. The largest absolute Gasteiger partial charge is 0.496 e. The maximum absolute atomic E-state index is 12.7. The number of Topliss-reactive ketones (excluding diaryl/α,β-unsaturated/α-hetero) is 1. The first-order chi connectivity index (χ1) is 9.17. The molecule has 1 aromatic carbocycles. The second-order valence-electron chi connectivity index (χ2n) is 5.69. The predicted octanol–water partition coefficient (Wildman–Crippen LogP) is 3.14. The summed E-state index contributed by atoms with van der Waals surface area (Å²) in [7, 11) is 1.62. The van der Waals surface area contributed by atoms with Gasteiger partial charge in [0.1, 0.15) is 5.75 Å². The fraction of sp³-hybridized carbons (Fsp3) is 0.562. The van der Waals surface area contributed by atoms with Crippen molar-refractivity contribution in [2.75, 3.05) is 7.11 Å². The number of benzene rings is 1. The Labute approximate surface area is 113 Å². The van der Waals surface area contributed by atoms with E-state index >= 15 is 0 Å². The fourth-order valence-electron chi connectivity index (χ4n) is 3.31. The van der Waals surface area contributed by atoms with Crippen LogP contribution in [0.4, 0.5) is 0 Å². The molecular formula is C16H20O3. The third kappa shape index (κ3) is 2.39. The van der Waals surface area contributed by atoms with Crippen LogP contribution >= 0.6 is 0 Å². The van der Waals surface area contributed by atoms with Crippen molar-refractivity contribution in [3.8, 4) is 5.75 Å². The smallest absolute Gasteiger partial charge is 0.169 e. The number of ether oxygens (including phenoxy) is 2. The molecule has 102 valence electrons. The van der Waals surface area contributed by atoms with E-state index in [1.807, 2.05) is 25.1 Å². The number of aryl methyl sites for hydroxylation is 1. The van der Waals surface area contributed by atoms with Gasteiger partial charge in [0.15, 0.2) is 5.78 Å². The second-order valence-corrected chi connectivity index (χ2v) is 5.69. The van der Waals surface area contributed by atoms with Crippen molar-refractivity contribution >= 4 is 5.78 Å². The van der Waals surface area contributed by atoms with Crippen LogP contribution in [0.2, 0.25) is 0 Å². The second kappa shape index (κ2) is 4.97. The topological polar surface area (TPSA) is 35.5 Å². The summed E-state index contributed by atoms with van der Waals surface area (Å²) in [5, 5.41) is 0. The third-order valence-corrected chi connectivity index (χ3v) is 4.28. The molecule has 0 saturated carbocycles. The van der Waals surface area contributed by atoms with Crippen LogP contribution in [0.15, 0.2) is 18.2 Å². The lowest BCUT2D eigenvalue weighted by Crippen LogP contribution is -2.30. The molecule has 2 saturated heterocycles. The Morgan fingerprint density at radius 1 is 1.26 bits per heavy atom. The van der Waals surface area contributed by atoms with Gasteiger partial charge < -0.3 is 9.47 Å². The zero-order valence-electron chi connectivity index (χ0n) is 11.5. The molecule has 2 bridgehead atoms. The summed E-state index contributed by atoms with van der Waals surface area (Å²) in [5.74, 6) is 1.01. The SMILES string of the molecule is COc1ccc(C)cc1C(=O)C1CC2CCC(C1)O2. The van der Waals surface area contributed by atoms with Crippen molar-refractivity contribution in [1.82, 2.24) is 0 Å². The lowest BCUT2D eigenvalue weighted by atomic mass is 9.87. The molecule has 2 aliphatic heterocycles. The van der Waals surface area contributed by atoms with Crippen molar-refractivity contribution in [1.29, 1.82) is 0 Å². The van der Waals surface area contributed by atoms with Crippen LogP contribution in [0.5, 0.6) is 5.75 Å². The first-order valence-corrected chi connectivity index (χ1v) is 7.01. The Morgan fingerprint density at radius 2 is 1.95 bits per heavy atom. The Hall–Kier alpha value is -1.35. The average Bonchev–Trinajstić information content (AvgIpc) is 2.76. The number of hydrogen-bond acceptors (Lipinski definition) is 3. The summed E-state index contributed by atoms with van der Waals surface area (Å²) in [6, 6.07) is 5.80. The summed E-state index contributed by atoms with van der Waals surface area (Å²) in [6.45, 7) is 2.00. The highest BCUT2D eigenvalue weighted by Gasteiger charge is 2.38. The summed E-state index contributed by atoms with van der Waals surface area (Å²) < 4.78 is 11.1. The van der Waals surface area contributed by atoms with Crippen LogP contribution in [-0.2, 0) is 4.74 Å². The fourth-order valence-corrected chi connectivity index (χ4v) is 3.31. The minimum absolute atomic E-state index is 0.0990. The van der Waals surface area contributed by atoms with Crippen LogP contribution < -0.4 is 4.74 Å².